The van der Waals surface area contributed by atoms with Gasteiger partial charge in [-0.2, -0.15) is 0 Å². The summed E-state index contributed by atoms with van der Waals surface area (Å²) in [5.41, 5.74) is 1.22. The van der Waals surface area contributed by atoms with Crippen molar-refractivity contribution in [1.82, 2.24) is 20.2 Å². The second kappa shape index (κ2) is 9.36. The molecule has 0 saturated heterocycles. The number of thioether (sulfide) groups is 1. The number of nitrogens with zero attached hydrogens (tertiary/aromatic N) is 4. The van der Waals surface area contributed by atoms with Gasteiger partial charge in [-0.1, -0.05) is 11.8 Å². The minimum absolute atomic E-state index is 0.635. The molecule has 0 fully saturated rings. The maximum Gasteiger partial charge on any atom is 0.209 e. The number of tetrazole rings is 1. The van der Waals surface area contributed by atoms with Crippen LogP contribution >= 0.6 is 11.8 Å². The van der Waals surface area contributed by atoms with E-state index >= 15 is 0 Å². The van der Waals surface area contributed by atoms with Gasteiger partial charge in [-0.3, -0.25) is 0 Å². The zero-order valence-electron chi connectivity index (χ0n) is 13.9. The van der Waals surface area contributed by atoms with Crippen LogP contribution in [-0.2, 0) is 13.6 Å². The van der Waals surface area contributed by atoms with Gasteiger partial charge in [0, 0.05) is 12.6 Å². The van der Waals surface area contributed by atoms with Crippen molar-refractivity contribution in [2.75, 3.05) is 25.5 Å². The summed E-state index contributed by atoms with van der Waals surface area (Å²) in [6.07, 6.45) is 0. The molecule has 2 rings (SSSR count). The van der Waals surface area contributed by atoms with Crippen molar-refractivity contribution in [3.05, 3.63) is 23.8 Å². The van der Waals surface area contributed by atoms with Gasteiger partial charge >= 0.3 is 0 Å². The van der Waals surface area contributed by atoms with E-state index in [1.165, 1.54) is 5.56 Å². The molecule has 126 valence electrons. The lowest BCUT2D eigenvalue weighted by atomic mass is 10.2. The molecule has 1 aromatic heterocycles. The van der Waals surface area contributed by atoms with Crippen LogP contribution in [0.1, 0.15) is 19.4 Å². The Morgan fingerprint density at radius 2 is 1.96 bits per heavy atom. The molecule has 0 saturated carbocycles. The molecule has 0 spiro atoms. The third-order valence-corrected chi connectivity index (χ3v) is 4.17. The highest BCUT2D eigenvalue weighted by atomic mass is 32.2. The van der Waals surface area contributed by atoms with Crippen LogP contribution in [0.3, 0.4) is 0 Å². The van der Waals surface area contributed by atoms with Crippen LogP contribution in [0.25, 0.3) is 0 Å². The Morgan fingerprint density at radius 3 is 2.65 bits per heavy atom. The number of ether oxygens (including phenoxy) is 2. The molecule has 1 heterocycles. The first-order valence-electron chi connectivity index (χ1n) is 7.80. The number of aryl methyl sites for hydroxylation is 1. The maximum absolute atomic E-state index is 5.65. The van der Waals surface area contributed by atoms with Crippen molar-refractivity contribution in [2.24, 2.45) is 7.05 Å². The van der Waals surface area contributed by atoms with Crippen LogP contribution in [-0.4, -0.2) is 45.7 Å². The van der Waals surface area contributed by atoms with Gasteiger partial charge in [-0.15, -0.1) is 5.10 Å². The smallest absolute Gasteiger partial charge is 0.209 e. The van der Waals surface area contributed by atoms with E-state index in [0.717, 1.165) is 35.5 Å². The molecule has 0 aliphatic rings. The van der Waals surface area contributed by atoms with Gasteiger partial charge in [0.15, 0.2) is 11.5 Å². The Balaban J connectivity index is 1.78. The summed E-state index contributed by atoms with van der Waals surface area (Å²) in [6, 6.07) is 6.13. The van der Waals surface area contributed by atoms with E-state index in [9.17, 15) is 0 Å². The van der Waals surface area contributed by atoms with E-state index < -0.39 is 0 Å². The highest BCUT2D eigenvalue weighted by Crippen LogP contribution is 2.28. The van der Waals surface area contributed by atoms with Gasteiger partial charge in [0.2, 0.25) is 5.16 Å². The first kappa shape index (κ1) is 17.6. The zero-order valence-corrected chi connectivity index (χ0v) is 14.7. The lowest BCUT2D eigenvalue weighted by molar-refractivity contribution is -0.666. The van der Waals surface area contributed by atoms with Crippen molar-refractivity contribution >= 4 is 11.8 Å². The normalized spacial score (nSPS) is 10.7. The molecular formula is C15H24N5O2S+. The van der Waals surface area contributed by atoms with Crippen LogP contribution < -0.4 is 14.8 Å². The van der Waals surface area contributed by atoms with Crippen LogP contribution in [0.2, 0.25) is 0 Å². The summed E-state index contributed by atoms with van der Waals surface area (Å²) in [7, 11) is 1.85. The number of rotatable bonds is 10. The first-order chi connectivity index (χ1) is 11.2. The summed E-state index contributed by atoms with van der Waals surface area (Å²) >= 11 is 1.66. The molecule has 0 bridgehead atoms. The Morgan fingerprint density at radius 1 is 1.17 bits per heavy atom. The molecule has 23 heavy (non-hydrogen) atoms. The third-order valence-electron chi connectivity index (χ3n) is 3.12. The number of benzene rings is 1. The zero-order chi connectivity index (χ0) is 16.5. The van der Waals surface area contributed by atoms with Gasteiger partial charge in [0.05, 0.1) is 25.5 Å². The van der Waals surface area contributed by atoms with Gasteiger partial charge < -0.3 is 14.8 Å². The van der Waals surface area contributed by atoms with Gasteiger partial charge in [0.1, 0.15) is 6.54 Å². The standard InChI is InChI=1S/C15H23N5O2S/c1-4-21-13-7-6-12(10-14(13)22-5-2)11-16-8-9-23-15-17-18-19-20(15)3/h6-7,10,16H,4-5,8-9,11H2,1-3H3/p+1. The monoisotopic (exact) mass is 338 g/mol. The second-order valence-electron chi connectivity index (χ2n) is 4.86. The molecule has 7 nitrogen and oxygen atoms in total. The number of quaternary nitrogens is 1. The fourth-order valence-corrected chi connectivity index (χ4v) is 2.85. The molecule has 0 radical (unpaired) electrons. The van der Waals surface area contributed by atoms with E-state index in [0.29, 0.717) is 13.2 Å². The van der Waals surface area contributed by atoms with E-state index in [1.807, 2.05) is 27.0 Å². The predicted molar refractivity (Wildman–Crippen MR) is 88.8 cm³/mol. The van der Waals surface area contributed by atoms with Crippen molar-refractivity contribution in [3.8, 4) is 11.5 Å². The molecule has 1 aromatic carbocycles. The fourth-order valence-electron chi connectivity index (χ4n) is 2.07. The molecule has 0 atom stereocenters. The molecule has 0 unspecified atom stereocenters. The van der Waals surface area contributed by atoms with Crippen LogP contribution in [0, 0.1) is 0 Å². The quantitative estimate of drug-likeness (QED) is 0.511. The lowest BCUT2D eigenvalue weighted by Gasteiger charge is -2.12. The largest absolute Gasteiger partial charge is 0.490 e. The summed E-state index contributed by atoms with van der Waals surface area (Å²) < 4.78 is 12.9. The topological polar surface area (TPSA) is 78.7 Å². The first-order valence-corrected chi connectivity index (χ1v) is 8.78. The van der Waals surface area contributed by atoms with Crippen LogP contribution in [0.4, 0.5) is 0 Å². The van der Waals surface area contributed by atoms with Gasteiger partial charge in [-0.05, 0) is 42.5 Å². The van der Waals surface area contributed by atoms with E-state index in [2.05, 4.69) is 33.0 Å². The van der Waals surface area contributed by atoms with E-state index in [4.69, 9.17) is 9.47 Å². The Kier molecular flexibility index (Phi) is 7.15. The number of hydrogen-bond acceptors (Lipinski definition) is 6. The fraction of sp³-hybridized carbons (Fsp3) is 0.533. The van der Waals surface area contributed by atoms with Gasteiger partial charge in [-0.25, -0.2) is 4.68 Å². The Bertz CT molecular complexity index is 605. The third kappa shape index (κ3) is 5.40. The molecule has 0 aliphatic carbocycles. The summed E-state index contributed by atoms with van der Waals surface area (Å²) in [4.78, 5) is 0. The average Bonchev–Trinajstić information content (AvgIpc) is 2.95. The molecule has 8 heteroatoms. The second-order valence-corrected chi connectivity index (χ2v) is 5.92. The molecule has 0 amide bonds. The van der Waals surface area contributed by atoms with Crippen LogP contribution in [0.15, 0.2) is 23.4 Å². The van der Waals surface area contributed by atoms with Crippen molar-refractivity contribution in [1.29, 1.82) is 0 Å². The van der Waals surface area contributed by atoms with Crippen molar-refractivity contribution < 1.29 is 14.8 Å². The molecule has 2 aromatic rings. The maximum atomic E-state index is 5.65. The van der Waals surface area contributed by atoms with Crippen LogP contribution in [0.5, 0.6) is 11.5 Å². The summed E-state index contributed by atoms with van der Waals surface area (Å²) in [5, 5.41) is 14.5. The van der Waals surface area contributed by atoms with Crippen molar-refractivity contribution in [3.63, 3.8) is 0 Å². The number of nitrogens with two attached hydrogens (primary N) is 1. The highest BCUT2D eigenvalue weighted by molar-refractivity contribution is 7.99. The highest BCUT2D eigenvalue weighted by Gasteiger charge is 2.07. The Hall–Kier alpha value is -1.80. The molecule has 0 aliphatic heterocycles. The number of hydrogen-bond donors (Lipinski definition) is 1. The number of aromatic nitrogens is 4. The lowest BCUT2D eigenvalue weighted by Crippen LogP contribution is -2.83. The average molecular weight is 338 g/mol. The van der Waals surface area contributed by atoms with E-state index in [-0.39, 0.29) is 0 Å². The predicted octanol–water partition coefficient (Wildman–Crippen LogP) is 0.863. The molecular weight excluding hydrogens is 314 g/mol. The Labute approximate surface area is 140 Å². The summed E-state index contributed by atoms with van der Waals surface area (Å²) in [5.74, 6) is 2.59. The summed E-state index contributed by atoms with van der Waals surface area (Å²) in [6.45, 7) is 7.13. The van der Waals surface area contributed by atoms with E-state index in [1.54, 1.807) is 16.4 Å². The minimum atomic E-state index is 0.635. The molecule has 2 N–H and O–H groups in total. The minimum Gasteiger partial charge on any atom is -0.490 e. The van der Waals surface area contributed by atoms with Gasteiger partial charge in [0.25, 0.3) is 0 Å². The SMILES string of the molecule is CCOc1ccc(C[NH2+]CCSc2nnnn2C)cc1OCC. The van der Waals surface area contributed by atoms with Crippen molar-refractivity contribution in [2.45, 2.75) is 25.5 Å².